The van der Waals surface area contributed by atoms with Gasteiger partial charge in [-0.15, -0.1) is 11.3 Å². The van der Waals surface area contributed by atoms with E-state index in [0.29, 0.717) is 37.7 Å². The molecule has 1 aliphatic heterocycles. The van der Waals surface area contributed by atoms with Gasteiger partial charge >= 0.3 is 0 Å². The van der Waals surface area contributed by atoms with E-state index in [0.717, 1.165) is 4.88 Å². The number of non-ortho nitro benzene ring substituents is 1. The number of halogens is 1. The molecule has 0 N–H and O–H groups in total. The molecule has 9 heteroatoms. The maximum atomic E-state index is 13.8. The topological polar surface area (TPSA) is 75.9 Å². The second kappa shape index (κ2) is 9.23. The molecule has 0 unspecified atom stereocenters. The number of anilines is 2. The minimum atomic E-state index is -0.513. The number of nitro groups is 1. The van der Waals surface area contributed by atoms with Gasteiger partial charge in [0.2, 0.25) is 0 Å². The third-order valence-electron chi connectivity index (χ3n) is 5.05. The molecule has 160 valence electrons. The van der Waals surface area contributed by atoms with Crippen LogP contribution < -0.4 is 9.80 Å². The highest BCUT2D eigenvalue weighted by Crippen LogP contribution is 2.30. The van der Waals surface area contributed by atoms with Crippen molar-refractivity contribution in [2.45, 2.75) is 6.54 Å². The highest BCUT2D eigenvalue weighted by Gasteiger charge is 2.27. The molecule has 0 radical (unpaired) electrons. The monoisotopic (exact) mass is 441 g/mol. The molecule has 4 rings (SSSR count). The van der Waals surface area contributed by atoms with Crippen LogP contribution in [0.1, 0.15) is 15.2 Å². The molecule has 1 aliphatic rings. The van der Waals surface area contributed by atoms with E-state index in [4.69, 9.17) is 4.74 Å². The number of hydrogen-bond donors (Lipinski definition) is 0. The second-order valence-electron chi connectivity index (χ2n) is 7.01. The predicted octanol–water partition coefficient (Wildman–Crippen LogP) is 4.48. The Morgan fingerprint density at radius 1 is 1.16 bits per heavy atom. The Morgan fingerprint density at radius 2 is 1.90 bits per heavy atom. The van der Waals surface area contributed by atoms with Gasteiger partial charge in [-0.25, -0.2) is 4.39 Å². The summed E-state index contributed by atoms with van der Waals surface area (Å²) in [7, 11) is 0. The molecule has 2 heterocycles. The zero-order chi connectivity index (χ0) is 21.8. The van der Waals surface area contributed by atoms with E-state index in [1.54, 1.807) is 6.07 Å². The highest BCUT2D eigenvalue weighted by molar-refractivity contribution is 7.09. The molecular weight excluding hydrogens is 421 g/mol. The lowest BCUT2D eigenvalue weighted by Gasteiger charge is -2.31. The summed E-state index contributed by atoms with van der Waals surface area (Å²) in [4.78, 5) is 29.1. The van der Waals surface area contributed by atoms with E-state index in [-0.39, 0.29) is 23.7 Å². The first-order valence-corrected chi connectivity index (χ1v) is 10.6. The molecule has 1 fully saturated rings. The normalized spacial score (nSPS) is 13.8. The van der Waals surface area contributed by atoms with Crippen LogP contribution in [0.5, 0.6) is 0 Å². The SMILES string of the molecule is O=C(c1cc([N+](=O)[O-])ccc1N1CCOCC1)N(Cc1cccs1)c1ccc(F)cc1. The lowest BCUT2D eigenvalue weighted by molar-refractivity contribution is -0.384. The first-order chi connectivity index (χ1) is 15.0. The van der Waals surface area contributed by atoms with E-state index < -0.39 is 10.7 Å². The quantitative estimate of drug-likeness (QED) is 0.416. The van der Waals surface area contributed by atoms with Crippen molar-refractivity contribution >= 4 is 34.3 Å². The fourth-order valence-electron chi connectivity index (χ4n) is 3.49. The number of amides is 1. The Labute approximate surface area is 182 Å². The third kappa shape index (κ3) is 4.73. The van der Waals surface area contributed by atoms with E-state index >= 15 is 0 Å². The van der Waals surface area contributed by atoms with Gasteiger partial charge in [-0.2, -0.15) is 0 Å². The molecular formula is C22H20FN3O4S. The molecule has 1 amide bonds. The average molecular weight is 441 g/mol. The zero-order valence-corrected chi connectivity index (χ0v) is 17.4. The lowest BCUT2D eigenvalue weighted by atomic mass is 10.1. The molecule has 0 spiro atoms. The van der Waals surface area contributed by atoms with Crippen molar-refractivity contribution in [3.8, 4) is 0 Å². The van der Waals surface area contributed by atoms with Crippen molar-refractivity contribution in [3.63, 3.8) is 0 Å². The number of hydrogen-bond acceptors (Lipinski definition) is 6. The third-order valence-corrected chi connectivity index (χ3v) is 5.91. The molecule has 0 bridgehead atoms. The van der Waals surface area contributed by atoms with Crippen molar-refractivity contribution in [2.24, 2.45) is 0 Å². The number of carbonyl (C=O) groups is 1. The molecule has 31 heavy (non-hydrogen) atoms. The smallest absolute Gasteiger partial charge is 0.270 e. The van der Waals surface area contributed by atoms with Crippen LogP contribution in [-0.2, 0) is 11.3 Å². The van der Waals surface area contributed by atoms with Gasteiger partial charge in [0, 0.05) is 35.8 Å². The van der Waals surface area contributed by atoms with E-state index in [2.05, 4.69) is 0 Å². The minimum Gasteiger partial charge on any atom is -0.378 e. The molecule has 0 saturated carbocycles. The second-order valence-corrected chi connectivity index (χ2v) is 8.04. The van der Waals surface area contributed by atoms with Gasteiger partial charge in [0.25, 0.3) is 11.6 Å². The Bertz CT molecular complexity index is 1070. The average Bonchev–Trinajstić information content (AvgIpc) is 3.31. The number of carbonyl (C=O) groups excluding carboxylic acids is 1. The first-order valence-electron chi connectivity index (χ1n) is 9.74. The standard InChI is InChI=1S/C22H20FN3O4S/c23-16-3-5-17(6-4-16)25(15-19-2-1-13-31-19)22(27)20-14-18(26(28)29)7-8-21(20)24-9-11-30-12-10-24/h1-8,13-14H,9-12,15H2. The van der Waals surface area contributed by atoms with E-state index in [1.807, 2.05) is 22.4 Å². The maximum absolute atomic E-state index is 13.8. The fourth-order valence-corrected chi connectivity index (χ4v) is 4.19. The van der Waals surface area contributed by atoms with Gasteiger partial charge in [0.15, 0.2) is 0 Å². The summed E-state index contributed by atoms with van der Waals surface area (Å²) < 4.78 is 18.9. The summed E-state index contributed by atoms with van der Waals surface area (Å²) in [5.74, 6) is -0.790. The number of nitro benzene ring substituents is 1. The lowest BCUT2D eigenvalue weighted by Crippen LogP contribution is -2.38. The van der Waals surface area contributed by atoms with Gasteiger partial charge in [-0.3, -0.25) is 14.9 Å². The van der Waals surface area contributed by atoms with Gasteiger partial charge < -0.3 is 14.5 Å². The maximum Gasteiger partial charge on any atom is 0.270 e. The minimum absolute atomic E-state index is 0.157. The van der Waals surface area contributed by atoms with Gasteiger partial charge in [-0.1, -0.05) is 6.07 Å². The van der Waals surface area contributed by atoms with Crippen molar-refractivity contribution in [1.82, 2.24) is 0 Å². The van der Waals surface area contributed by atoms with Gasteiger partial charge in [-0.05, 0) is 41.8 Å². The highest BCUT2D eigenvalue weighted by atomic mass is 32.1. The van der Waals surface area contributed by atoms with Crippen molar-refractivity contribution < 1.29 is 18.8 Å². The van der Waals surface area contributed by atoms with Crippen LogP contribution in [0.3, 0.4) is 0 Å². The first kappa shape index (κ1) is 21.0. The summed E-state index contributed by atoms with van der Waals surface area (Å²) in [5, 5.41) is 13.3. The van der Waals surface area contributed by atoms with Crippen molar-refractivity contribution in [2.75, 3.05) is 36.1 Å². The van der Waals surface area contributed by atoms with E-state index in [1.165, 1.54) is 52.6 Å². The number of thiophene rings is 1. The predicted molar refractivity (Wildman–Crippen MR) is 117 cm³/mol. The van der Waals surface area contributed by atoms with Crippen LogP contribution in [0.25, 0.3) is 0 Å². The summed E-state index contributed by atoms with van der Waals surface area (Å²) in [6.45, 7) is 2.47. The van der Waals surface area contributed by atoms with Crippen molar-refractivity contribution in [3.05, 3.63) is 86.3 Å². The molecule has 1 saturated heterocycles. The fraction of sp³-hybridized carbons (Fsp3) is 0.227. The van der Waals surface area contributed by atoms with Gasteiger partial charge in [0.1, 0.15) is 5.82 Å². The van der Waals surface area contributed by atoms with E-state index in [9.17, 15) is 19.3 Å². The van der Waals surface area contributed by atoms with Crippen molar-refractivity contribution in [1.29, 1.82) is 0 Å². The Hall–Kier alpha value is -3.30. The summed E-state index contributed by atoms with van der Waals surface area (Å²) in [6.07, 6.45) is 0. The molecule has 0 atom stereocenters. The number of ether oxygens (including phenoxy) is 1. The Morgan fingerprint density at radius 3 is 2.55 bits per heavy atom. The molecule has 0 aliphatic carbocycles. The molecule has 7 nitrogen and oxygen atoms in total. The summed E-state index contributed by atoms with van der Waals surface area (Å²) in [5.41, 5.74) is 1.21. The number of morpholine rings is 1. The van der Waals surface area contributed by atoms with Crippen LogP contribution >= 0.6 is 11.3 Å². The summed E-state index contributed by atoms with van der Waals surface area (Å²) >= 11 is 1.50. The Kier molecular flexibility index (Phi) is 6.24. The molecule has 2 aromatic carbocycles. The molecule has 3 aromatic rings. The number of benzene rings is 2. The van der Waals surface area contributed by atoms with Crippen LogP contribution in [0.4, 0.5) is 21.5 Å². The largest absolute Gasteiger partial charge is 0.378 e. The Balaban J connectivity index is 1.78. The number of rotatable bonds is 6. The zero-order valence-electron chi connectivity index (χ0n) is 16.6. The van der Waals surface area contributed by atoms with Crippen LogP contribution in [-0.4, -0.2) is 37.1 Å². The van der Waals surface area contributed by atoms with Crippen LogP contribution in [0.2, 0.25) is 0 Å². The van der Waals surface area contributed by atoms with Gasteiger partial charge in [0.05, 0.1) is 35.9 Å². The van der Waals surface area contributed by atoms with Crippen LogP contribution in [0, 0.1) is 15.9 Å². The number of nitrogens with zero attached hydrogens (tertiary/aromatic N) is 3. The molecule has 1 aromatic heterocycles. The van der Waals surface area contributed by atoms with Crippen LogP contribution in [0.15, 0.2) is 60.0 Å². The summed E-state index contributed by atoms with van der Waals surface area (Å²) in [6, 6.07) is 13.8.